The third-order valence-electron chi connectivity index (χ3n) is 3.37. The van der Waals surface area contributed by atoms with E-state index in [4.69, 9.17) is 28.6 Å². The van der Waals surface area contributed by atoms with Crippen LogP contribution in [-0.2, 0) is 0 Å². The van der Waals surface area contributed by atoms with E-state index in [-0.39, 0.29) is 10.8 Å². The predicted molar refractivity (Wildman–Crippen MR) is 100 cm³/mol. The van der Waals surface area contributed by atoms with Gasteiger partial charge in [0.1, 0.15) is 11.5 Å². The van der Waals surface area contributed by atoms with Gasteiger partial charge in [0.2, 0.25) is 4.77 Å². The Morgan fingerprint density at radius 2 is 2.16 bits per heavy atom. The van der Waals surface area contributed by atoms with Crippen LogP contribution in [0.1, 0.15) is 12.5 Å². The van der Waals surface area contributed by atoms with E-state index in [1.54, 1.807) is 18.3 Å². The monoisotopic (exact) mass is 374 g/mol. The van der Waals surface area contributed by atoms with Crippen LogP contribution in [-0.4, -0.2) is 32.8 Å². The highest BCUT2D eigenvalue weighted by atomic mass is 35.5. The van der Waals surface area contributed by atoms with Crippen molar-refractivity contribution in [1.82, 2.24) is 14.9 Å². The van der Waals surface area contributed by atoms with Crippen molar-refractivity contribution < 1.29 is 9.84 Å². The molecule has 0 amide bonds. The fraction of sp³-hybridized carbons (Fsp3) is 0.118. The van der Waals surface area contributed by atoms with Crippen molar-refractivity contribution in [3.63, 3.8) is 0 Å². The summed E-state index contributed by atoms with van der Waals surface area (Å²) in [6, 6.07) is 12.3. The molecule has 8 heteroatoms. The first-order valence-corrected chi connectivity index (χ1v) is 8.31. The Morgan fingerprint density at radius 1 is 1.36 bits per heavy atom. The molecule has 6 nitrogen and oxygen atoms in total. The van der Waals surface area contributed by atoms with E-state index >= 15 is 0 Å². The molecule has 0 saturated carbocycles. The van der Waals surface area contributed by atoms with Gasteiger partial charge in [-0.3, -0.25) is 0 Å². The van der Waals surface area contributed by atoms with E-state index in [0.717, 1.165) is 11.1 Å². The lowest BCUT2D eigenvalue weighted by atomic mass is 10.2. The Morgan fingerprint density at radius 3 is 2.92 bits per heavy atom. The zero-order chi connectivity index (χ0) is 17.8. The number of ether oxygens (including phenoxy) is 1. The summed E-state index contributed by atoms with van der Waals surface area (Å²) in [6.07, 6.45) is 1.59. The van der Waals surface area contributed by atoms with Gasteiger partial charge in [-0.25, -0.2) is 5.10 Å². The number of H-pyrrole nitrogens is 1. The van der Waals surface area contributed by atoms with Crippen LogP contribution >= 0.6 is 23.8 Å². The molecule has 0 aliphatic rings. The summed E-state index contributed by atoms with van der Waals surface area (Å²) in [6.45, 7) is 2.46. The van der Waals surface area contributed by atoms with Crippen molar-refractivity contribution in [3.05, 3.63) is 57.8 Å². The van der Waals surface area contributed by atoms with Crippen LogP contribution in [0.15, 0.2) is 47.6 Å². The Balaban J connectivity index is 2.02. The van der Waals surface area contributed by atoms with Gasteiger partial charge in [-0.1, -0.05) is 23.7 Å². The Hall–Kier alpha value is -2.64. The van der Waals surface area contributed by atoms with Crippen molar-refractivity contribution in [3.8, 4) is 22.9 Å². The van der Waals surface area contributed by atoms with E-state index < -0.39 is 0 Å². The Labute approximate surface area is 154 Å². The maximum Gasteiger partial charge on any atom is 0.216 e. The quantitative estimate of drug-likeness (QED) is 0.517. The second kappa shape index (κ2) is 7.50. The Bertz CT molecular complexity index is 981. The fourth-order valence-corrected chi connectivity index (χ4v) is 2.60. The van der Waals surface area contributed by atoms with Crippen molar-refractivity contribution in [2.75, 3.05) is 6.61 Å². The second-order valence-corrected chi connectivity index (χ2v) is 5.84. The molecule has 1 heterocycles. The van der Waals surface area contributed by atoms with Gasteiger partial charge >= 0.3 is 0 Å². The van der Waals surface area contributed by atoms with Gasteiger partial charge in [0.25, 0.3) is 0 Å². The van der Waals surface area contributed by atoms with E-state index in [1.165, 1.54) is 10.7 Å². The predicted octanol–water partition coefficient (Wildman–Crippen LogP) is 4.25. The molecular formula is C17H15ClN4O2S. The van der Waals surface area contributed by atoms with Gasteiger partial charge in [0.05, 0.1) is 23.4 Å². The number of hydrogen-bond acceptors (Lipinski definition) is 5. The van der Waals surface area contributed by atoms with E-state index in [9.17, 15) is 5.11 Å². The molecule has 0 atom stereocenters. The zero-order valence-electron chi connectivity index (χ0n) is 13.3. The van der Waals surface area contributed by atoms with Crippen LogP contribution in [0.3, 0.4) is 0 Å². The van der Waals surface area contributed by atoms with Gasteiger partial charge in [-0.15, -0.1) is 0 Å². The summed E-state index contributed by atoms with van der Waals surface area (Å²) in [4.78, 5) is 0. The highest BCUT2D eigenvalue weighted by Crippen LogP contribution is 2.28. The molecule has 0 bridgehead atoms. The summed E-state index contributed by atoms with van der Waals surface area (Å²) >= 11 is 11.2. The molecule has 0 saturated heterocycles. The van der Waals surface area contributed by atoms with E-state index in [1.807, 2.05) is 31.2 Å². The average molecular weight is 375 g/mol. The number of phenols is 1. The molecule has 0 aliphatic heterocycles. The molecule has 2 aromatic carbocycles. The maximum atomic E-state index is 9.49. The van der Waals surface area contributed by atoms with Crippen LogP contribution in [0, 0.1) is 4.77 Å². The third kappa shape index (κ3) is 3.72. The first-order valence-electron chi connectivity index (χ1n) is 7.52. The van der Waals surface area contributed by atoms with Crippen LogP contribution in [0.25, 0.3) is 11.4 Å². The third-order valence-corrected chi connectivity index (χ3v) is 3.94. The number of halogens is 1. The van der Waals surface area contributed by atoms with Crippen molar-refractivity contribution in [1.29, 1.82) is 0 Å². The summed E-state index contributed by atoms with van der Waals surface area (Å²) in [7, 11) is 0. The zero-order valence-corrected chi connectivity index (χ0v) is 14.9. The molecule has 0 spiro atoms. The summed E-state index contributed by atoms with van der Waals surface area (Å²) < 4.78 is 7.51. The highest BCUT2D eigenvalue weighted by Gasteiger charge is 2.13. The van der Waals surface area contributed by atoms with Gasteiger partial charge in [-0.05, 0) is 55.0 Å². The largest absolute Gasteiger partial charge is 0.506 e. The number of nitrogens with zero attached hydrogens (tertiary/aromatic N) is 3. The molecule has 25 heavy (non-hydrogen) atoms. The SMILES string of the molecule is CCOc1ccccc1-c1n[nH]c(=S)n1/N=C\c1ccc(O)c(Cl)c1. The highest BCUT2D eigenvalue weighted by molar-refractivity contribution is 7.71. The molecule has 128 valence electrons. The normalized spacial score (nSPS) is 11.1. The van der Waals surface area contributed by atoms with Crippen molar-refractivity contribution >= 4 is 30.0 Å². The lowest BCUT2D eigenvalue weighted by Crippen LogP contribution is -1.99. The number of aromatic nitrogens is 3. The average Bonchev–Trinajstić information content (AvgIpc) is 2.97. The van der Waals surface area contributed by atoms with Crippen LogP contribution in [0.2, 0.25) is 5.02 Å². The first kappa shape index (κ1) is 17.2. The van der Waals surface area contributed by atoms with Crippen LogP contribution < -0.4 is 4.74 Å². The molecule has 0 radical (unpaired) electrons. The summed E-state index contributed by atoms with van der Waals surface area (Å²) in [5, 5.41) is 21.1. The minimum absolute atomic E-state index is 0.0186. The molecule has 0 fully saturated rings. The minimum atomic E-state index is 0.0186. The standard InChI is InChI=1S/C17H15ClN4O2S/c1-2-24-15-6-4-3-5-12(15)16-20-21-17(25)22(16)19-10-11-7-8-14(23)13(18)9-11/h3-10,23H,2H2,1H3,(H,21,25)/b19-10-. The number of nitrogens with one attached hydrogen (secondary N) is 1. The first-order chi connectivity index (χ1) is 12.1. The molecule has 2 N–H and O–H groups in total. The number of phenolic OH excluding ortho intramolecular Hbond substituents is 1. The van der Waals surface area contributed by atoms with E-state index in [2.05, 4.69) is 15.3 Å². The molecule has 3 aromatic rings. The van der Waals surface area contributed by atoms with E-state index in [0.29, 0.717) is 23.0 Å². The Kier molecular flexibility index (Phi) is 5.16. The molecule has 0 unspecified atom stereocenters. The summed E-state index contributed by atoms with van der Waals surface area (Å²) in [5.74, 6) is 1.25. The lowest BCUT2D eigenvalue weighted by molar-refractivity contribution is 0.341. The van der Waals surface area contributed by atoms with Gasteiger partial charge in [-0.2, -0.15) is 14.9 Å². The number of aromatic amines is 1. The van der Waals surface area contributed by atoms with Crippen molar-refractivity contribution in [2.24, 2.45) is 5.10 Å². The minimum Gasteiger partial charge on any atom is -0.506 e. The van der Waals surface area contributed by atoms with Gasteiger partial charge in [0, 0.05) is 0 Å². The second-order valence-electron chi connectivity index (χ2n) is 5.05. The number of aromatic hydroxyl groups is 1. The number of benzene rings is 2. The number of para-hydroxylation sites is 1. The smallest absolute Gasteiger partial charge is 0.216 e. The maximum absolute atomic E-state index is 9.49. The molecular weight excluding hydrogens is 360 g/mol. The molecule has 3 rings (SSSR count). The molecule has 0 aliphatic carbocycles. The van der Waals surface area contributed by atoms with Crippen LogP contribution in [0.5, 0.6) is 11.5 Å². The van der Waals surface area contributed by atoms with Crippen molar-refractivity contribution in [2.45, 2.75) is 6.92 Å². The number of rotatable bonds is 5. The van der Waals surface area contributed by atoms with Gasteiger partial charge in [0.15, 0.2) is 5.82 Å². The summed E-state index contributed by atoms with van der Waals surface area (Å²) in [5.41, 5.74) is 1.49. The van der Waals surface area contributed by atoms with Gasteiger partial charge < -0.3 is 9.84 Å². The van der Waals surface area contributed by atoms with Crippen LogP contribution in [0.4, 0.5) is 0 Å². The fourth-order valence-electron chi connectivity index (χ4n) is 2.23. The number of hydrogen-bond donors (Lipinski definition) is 2. The molecule has 1 aromatic heterocycles. The topological polar surface area (TPSA) is 75.4 Å². The lowest BCUT2D eigenvalue weighted by Gasteiger charge is -2.08.